The van der Waals surface area contributed by atoms with Crippen LogP contribution in [0.5, 0.6) is 0 Å². The van der Waals surface area contributed by atoms with Crippen molar-refractivity contribution >= 4 is 5.97 Å². The SMILES string of the molecule is C#CC(C)(O)c1ccc(C(=O)OC)cc1. The Hall–Kier alpha value is -1.79. The third-order valence-corrected chi connectivity index (χ3v) is 2.15. The number of carbonyl (C=O) groups is 1. The minimum Gasteiger partial charge on any atom is -0.465 e. The Kier molecular flexibility index (Phi) is 3.13. The summed E-state index contributed by atoms with van der Waals surface area (Å²) < 4.78 is 4.55. The Labute approximate surface area is 88.7 Å². The summed E-state index contributed by atoms with van der Waals surface area (Å²) in [6.07, 6.45) is 5.17. The molecule has 0 aliphatic rings. The molecule has 1 atom stereocenters. The van der Waals surface area contributed by atoms with Gasteiger partial charge in [-0.05, 0) is 24.6 Å². The highest BCUT2D eigenvalue weighted by atomic mass is 16.5. The van der Waals surface area contributed by atoms with Crippen LogP contribution < -0.4 is 0 Å². The summed E-state index contributed by atoms with van der Waals surface area (Å²) in [6, 6.07) is 6.33. The van der Waals surface area contributed by atoms with Crippen molar-refractivity contribution in [1.29, 1.82) is 0 Å². The molecule has 1 aromatic carbocycles. The van der Waals surface area contributed by atoms with Gasteiger partial charge in [-0.3, -0.25) is 0 Å². The van der Waals surface area contributed by atoms with Gasteiger partial charge in [0.25, 0.3) is 0 Å². The van der Waals surface area contributed by atoms with Crippen molar-refractivity contribution in [3.05, 3.63) is 35.4 Å². The molecule has 0 radical (unpaired) electrons. The van der Waals surface area contributed by atoms with Gasteiger partial charge in [-0.15, -0.1) is 6.42 Å². The number of methoxy groups -OCH3 is 1. The quantitative estimate of drug-likeness (QED) is 0.583. The molecular formula is C12H12O3. The van der Waals surface area contributed by atoms with Crippen LogP contribution in [0.25, 0.3) is 0 Å². The Morgan fingerprint density at radius 3 is 2.40 bits per heavy atom. The number of ether oxygens (including phenoxy) is 1. The Bertz CT molecular complexity index is 396. The van der Waals surface area contributed by atoms with Crippen LogP contribution in [0.15, 0.2) is 24.3 Å². The van der Waals surface area contributed by atoms with Gasteiger partial charge in [0, 0.05) is 0 Å². The number of carbonyl (C=O) groups excluding carboxylic acids is 1. The maximum absolute atomic E-state index is 11.1. The molecule has 1 aromatic rings. The summed E-state index contributed by atoms with van der Waals surface area (Å²) in [6.45, 7) is 1.51. The Morgan fingerprint density at radius 1 is 1.47 bits per heavy atom. The van der Waals surface area contributed by atoms with E-state index in [9.17, 15) is 9.90 Å². The smallest absolute Gasteiger partial charge is 0.337 e. The van der Waals surface area contributed by atoms with Gasteiger partial charge in [0.15, 0.2) is 0 Å². The zero-order chi connectivity index (χ0) is 11.5. The fourth-order valence-electron chi connectivity index (χ4n) is 1.13. The fourth-order valence-corrected chi connectivity index (χ4v) is 1.13. The van der Waals surface area contributed by atoms with Gasteiger partial charge < -0.3 is 9.84 Å². The second-order valence-electron chi connectivity index (χ2n) is 3.29. The van der Waals surface area contributed by atoms with E-state index in [2.05, 4.69) is 10.7 Å². The second-order valence-corrected chi connectivity index (χ2v) is 3.29. The Balaban J connectivity index is 3.01. The highest BCUT2D eigenvalue weighted by Gasteiger charge is 2.19. The van der Waals surface area contributed by atoms with E-state index < -0.39 is 11.6 Å². The van der Waals surface area contributed by atoms with Crippen LogP contribution >= 0.6 is 0 Å². The highest BCUT2D eigenvalue weighted by molar-refractivity contribution is 5.89. The van der Waals surface area contributed by atoms with Crippen LogP contribution in [-0.2, 0) is 10.3 Å². The third kappa shape index (κ3) is 2.36. The summed E-state index contributed by atoms with van der Waals surface area (Å²) in [5.41, 5.74) is -0.319. The molecule has 0 aromatic heterocycles. The van der Waals surface area contributed by atoms with Crippen molar-refractivity contribution < 1.29 is 14.6 Å². The molecule has 0 saturated heterocycles. The molecule has 0 saturated carbocycles. The molecule has 0 heterocycles. The molecule has 0 aliphatic heterocycles. The zero-order valence-corrected chi connectivity index (χ0v) is 8.65. The molecule has 0 amide bonds. The molecule has 15 heavy (non-hydrogen) atoms. The van der Waals surface area contributed by atoms with E-state index in [1.807, 2.05) is 0 Å². The number of esters is 1. The Morgan fingerprint density at radius 2 is 2.00 bits per heavy atom. The molecule has 1 unspecified atom stereocenters. The van der Waals surface area contributed by atoms with Crippen LogP contribution in [0.1, 0.15) is 22.8 Å². The highest BCUT2D eigenvalue weighted by Crippen LogP contribution is 2.19. The first-order chi connectivity index (χ1) is 7.01. The average Bonchev–Trinajstić information content (AvgIpc) is 2.28. The summed E-state index contributed by atoms with van der Waals surface area (Å²) >= 11 is 0. The standard InChI is InChI=1S/C12H12O3/c1-4-12(2,14)10-7-5-9(6-8-10)11(13)15-3/h1,5-8,14H,2-3H3. The second kappa shape index (κ2) is 4.16. The van der Waals surface area contributed by atoms with E-state index in [1.165, 1.54) is 14.0 Å². The minimum absolute atomic E-state index is 0.415. The topological polar surface area (TPSA) is 46.5 Å². The third-order valence-electron chi connectivity index (χ3n) is 2.15. The molecule has 0 bridgehead atoms. The first kappa shape index (κ1) is 11.3. The van der Waals surface area contributed by atoms with Crippen molar-refractivity contribution in [1.82, 2.24) is 0 Å². The molecular weight excluding hydrogens is 192 g/mol. The lowest BCUT2D eigenvalue weighted by atomic mass is 9.96. The lowest BCUT2D eigenvalue weighted by molar-refractivity contribution is 0.0600. The lowest BCUT2D eigenvalue weighted by Gasteiger charge is -2.16. The maximum atomic E-state index is 11.1. The minimum atomic E-state index is -1.31. The summed E-state index contributed by atoms with van der Waals surface area (Å²) in [7, 11) is 1.31. The largest absolute Gasteiger partial charge is 0.465 e. The van der Waals surface area contributed by atoms with Crippen LogP contribution in [-0.4, -0.2) is 18.2 Å². The molecule has 0 aliphatic carbocycles. The van der Waals surface area contributed by atoms with Crippen LogP contribution in [0.3, 0.4) is 0 Å². The summed E-state index contributed by atoms with van der Waals surface area (Å²) in [5.74, 6) is 1.84. The number of hydrogen-bond acceptors (Lipinski definition) is 3. The number of benzene rings is 1. The number of hydrogen-bond donors (Lipinski definition) is 1. The van der Waals surface area contributed by atoms with Gasteiger partial charge in [0.1, 0.15) is 5.60 Å². The number of aliphatic hydroxyl groups is 1. The van der Waals surface area contributed by atoms with Crippen LogP contribution in [0.4, 0.5) is 0 Å². The fraction of sp³-hybridized carbons (Fsp3) is 0.250. The molecule has 1 N–H and O–H groups in total. The van der Waals surface area contributed by atoms with Crippen LogP contribution in [0.2, 0.25) is 0 Å². The summed E-state index contributed by atoms with van der Waals surface area (Å²) in [5, 5.41) is 9.73. The van der Waals surface area contributed by atoms with E-state index >= 15 is 0 Å². The van der Waals surface area contributed by atoms with Crippen LogP contribution in [0, 0.1) is 12.3 Å². The first-order valence-electron chi connectivity index (χ1n) is 4.40. The predicted molar refractivity (Wildman–Crippen MR) is 56.2 cm³/mol. The molecule has 0 spiro atoms. The average molecular weight is 204 g/mol. The van der Waals surface area contributed by atoms with Crippen molar-refractivity contribution in [2.45, 2.75) is 12.5 Å². The summed E-state index contributed by atoms with van der Waals surface area (Å²) in [4.78, 5) is 11.1. The van der Waals surface area contributed by atoms with Crippen molar-refractivity contribution in [2.75, 3.05) is 7.11 Å². The maximum Gasteiger partial charge on any atom is 0.337 e. The number of terminal acetylenes is 1. The molecule has 1 rings (SSSR count). The van der Waals surface area contributed by atoms with E-state index in [0.717, 1.165) is 0 Å². The normalized spacial score (nSPS) is 13.7. The van der Waals surface area contributed by atoms with Gasteiger partial charge in [0.2, 0.25) is 0 Å². The molecule has 78 valence electrons. The monoisotopic (exact) mass is 204 g/mol. The zero-order valence-electron chi connectivity index (χ0n) is 8.65. The van der Waals surface area contributed by atoms with Crippen molar-refractivity contribution in [3.63, 3.8) is 0 Å². The van der Waals surface area contributed by atoms with E-state index in [4.69, 9.17) is 6.42 Å². The molecule has 3 heteroatoms. The van der Waals surface area contributed by atoms with Gasteiger partial charge in [-0.1, -0.05) is 18.1 Å². The van der Waals surface area contributed by atoms with Gasteiger partial charge in [-0.2, -0.15) is 0 Å². The first-order valence-corrected chi connectivity index (χ1v) is 4.40. The number of rotatable bonds is 2. The van der Waals surface area contributed by atoms with E-state index in [0.29, 0.717) is 11.1 Å². The molecule has 0 fully saturated rings. The van der Waals surface area contributed by atoms with Gasteiger partial charge in [-0.25, -0.2) is 4.79 Å². The van der Waals surface area contributed by atoms with E-state index in [-0.39, 0.29) is 0 Å². The molecule has 3 nitrogen and oxygen atoms in total. The van der Waals surface area contributed by atoms with Gasteiger partial charge >= 0.3 is 5.97 Å². The van der Waals surface area contributed by atoms with Crippen molar-refractivity contribution in [2.24, 2.45) is 0 Å². The van der Waals surface area contributed by atoms with Crippen molar-refractivity contribution in [3.8, 4) is 12.3 Å². The van der Waals surface area contributed by atoms with E-state index in [1.54, 1.807) is 24.3 Å². The lowest BCUT2D eigenvalue weighted by Crippen LogP contribution is -2.18. The van der Waals surface area contributed by atoms with Gasteiger partial charge in [0.05, 0.1) is 12.7 Å². The predicted octanol–water partition coefficient (Wildman–Crippen LogP) is 1.31.